The van der Waals surface area contributed by atoms with Crippen molar-refractivity contribution in [3.8, 4) is 0 Å². The molecule has 3 nitrogen and oxygen atoms in total. The maximum Gasteiger partial charge on any atom is 0.114 e. The monoisotopic (exact) mass is 152 g/mol. The summed E-state index contributed by atoms with van der Waals surface area (Å²) in [6.45, 7) is 0. The number of nitrogens with two attached hydrogens (primary N) is 2. The van der Waals surface area contributed by atoms with Crippen LogP contribution in [0.2, 0.25) is 0 Å². The van der Waals surface area contributed by atoms with Gasteiger partial charge in [-0.15, -0.1) is 0 Å². The molecule has 1 aromatic heterocycles. The molecule has 1 aliphatic rings. The first-order chi connectivity index (χ1) is 5.29. The first-order valence-corrected chi connectivity index (χ1v) is 3.86. The van der Waals surface area contributed by atoms with Crippen molar-refractivity contribution in [3.63, 3.8) is 0 Å². The molecule has 0 amide bonds. The zero-order valence-electron chi connectivity index (χ0n) is 6.29. The summed E-state index contributed by atoms with van der Waals surface area (Å²) in [5.74, 6) is 0.634. The van der Waals surface area contributed by atoms with Gasteiger partial charge in [0.15, 0.2) is 0 Å². The van der Waals surface area contributed by atoms with E-state index in [0.29, 0.717) is 11.6 Å². The van der Waals surface area contributed by atoms with Crippen LogP contribution in [0.25, 0.3) is 0 Å². The molecule has 0 bridgehead atoms. The highest BCUT2D eigenvalue weighted by Gasteiger charge is 2.31. The molecule has 0 unspecified atom stereocenters. The largest absolute Gasteiger partial charge is 0.470 e. The van der Waals surface area contributed by atoms with Crippen LogP contribution in [0.4, 0.5) is 5.69 Å². The molecule has 0 radical (unpaired) electrons. The van der Waals surface area contributed by atoms with Crippen LogP contribution in [0.1, 0.15) is 24.4 Å². The van der Waals surface area contributed by atoms with E-state index in [0.717, 1.165) is 5.56 Å². The van der Waals surface area contributed by atoms with Gasteiger partial charge in [0.05, 0.1) is 12.0 Å². The number of anilines is 1. The van der Waals surface area contributed by atoms with Gasteiger partial charge < -0.3 is 15.9 Å². The fourth-order valence-electron chi connectivity index (χ4n) is 1.30. The summed E-state index contributed by atoms with van der Waals surface area (Å²) in [6, 6.07) is 0.0914. The minimum atomic E-state index is 0.0914. The molecule has 4 N–H and O–H groups in total. The number of rotatable bonds is 2. The van der Waals surface area contributed by atoms with Crippen LogP contribution in [0.15, 0.2) is 16.9 Å². The van der Waals surface area contributed by atoms with E-state index in [-0.39, 0.29) is 6.04 Å². The molecule has 1 atom stereocenters. The Labute approximate surface area is 65.4 Å². The second kappa shape index (κ2) is 2.27. The summed E-state index contributed by atoms with van der Waals surface area (Å²) in [5.41, 5.74) is 13.2. The molecule has 0 spiro atoms. The molecule has 60 valence electrons. The highest BCUT2D eigenvalue weighted by molar-refractivity contribution is 5.45. The molecular weight excluding hydrogens is 140 g/mol. The Morgan fingerprint density at radius 1 is 1.45 bits per heavy atom. The summed E-state index contributed by atoms with van der Waals surface area (Å²) >= 11 is 0. The summed E-state index contributed by atoms with van der Waals surface area (Å²) in [6.07, 6.45) is 5.65. The van der Waals surface area contributed by atoms with E-state index >= 15 is 0 Å². The molecule has 1 saturated carbocycles. The molecule has 1 aliphatic carbocycles. The smallest absolute Gasteiger partial charge is 0.114 e. The summed E-state index contributed by atoms with van der Waals surface area (Å²) < 4.78 is 4.94. The van der Waals surface area contributed by atoms with Crippen molar-refractivity contribution < 1.29 is 4.42 Å². The molecule has 3 heteroatoms. The van der Waals surface area contributed by atoms with Crippen LogP contribution in [0.3, 0.4) is 0 Å². The SMILES string of the molecule is Nc1cocc1[C@@H](N)C1CC1. The van der Waals surface area contributed by atoms with Gasteiger partial charge in [-0.3, -0.25) is 0 Å². The predicted octanol–water partition coefficient (Wildman–Crippen LogP) is 1.27. The zero-order chi connectivity index (χ0) is 7.84. The van der Waals surface area contributed by atoms with Crippen molar-refractivity contribution in [2.75, 3.05) is 5.73 Å². The molecular formula is C8H12N2O. The van der Waals surface area contributed by atoms with E-state index in [1.54, 1.807) is 6.26 Å². The van der Waals surface area contributed by atoms with E-state index < -0.39 is 0 Å². The van der Waals surface area contributed by atoms with Crippen LogP contribution < -0.4 is 11.5 Å². The normalized spacial score (nSPS) is 20.1. The van der Waals surface area contributed by atoms with E-state index in [1.165, 1.54) is 19.1 Å². The fraction of sp³-hybridized carbons (Fsp3) is 0.500. The molecule has 1 heterocycles. The first kappa shape index (κ1) is 6.73. The molecule has 11 heavy (non-hydrogen) atoms. The Kier molecular flexibility index (Phi) is 1.39. The van der Waals surface area contributed by atoms with Gasteiger partial charge in [-0.25, -0.2) is 0 Å². The van der Waals surface area contributed by atoms with Gasteiger partial charge in [0.1, 0.15) is 6.26 Å². The number of furan rings is 1. The number of nitrogen functional groups attached to an aromatic ring is 1. The molecule has 2 rings (SSSR count). The second-order valence-electron chi connectivity index (χ2n) is 3.15. The van der Waals surface area contributed by atoms with Crippen LogP contribution in [0.5, 0.6) is 0 Å². The van der Waals surface area contributed by atoms with E-state index in [2.05, 4.69) is 0 Å². The van der Waals surface area contributed by atoms with Crippen molar-refractivity contribution >= 4 is 5.69 Å². The highest BCUT2D eigenvalue weighted by atomic mass is 16.3. The summed E-state index contributed by atoms with van der Waals surface area (Å²) in [4.78, 5) is 0. The first-order valence-electron chi connectivity index (χ1n) is 3.86. The van der Waals surface area contributed by atoms with E-state index in [1.807, 2.05) is 0 Å². The fourth-order valence-corrected chi connectivity index (χ4v) is 1.30. The standard InChI is InChI=1S/C8H12N2O/c9-7-4-11-3-6(7)8(10)5-1-2-5/h3-5,8H,1-2,9-10H2/t8-/m0/s1. The minimum absolute atomic E-state index is 0.0914. The van der Waals surface area contributed by atoms with Crippen LogP contribution in [-0.2, 0) is 0 Å². The van der Waals surface area contributed by atoms with Crippen LogP contribution in [0, 0.1) is 5.92 Å². The molecule has 0 saturated heterocycles. The van der Waals surface area contributed by atoms with Crippen molar-refractivity contribution in [1.29, 1.82) is 0 Å². The quantitative estimate of drug-likeness (QED) is 0.670. The lowest BCUT2D eigenvalue weighted by molar-refractivity contribution is 0.551. The number of hydrogen-bond donors (Lipinski definition) is 2. The number of hydrogen-bond acceptors (Lipinski definition) is 3. The Bertz CT molecular complexity index is 252. The second-order valence-corrected chi connectivity index (χ2v) is 3.15. The van der Waals surface area contributed by atoms with Gasteiger partial charge in [0.25, 0.3) is 0 Å². The van der Waals surface area contributed by atoms with Crippen LogP contribution >= 0.6 is 0 Å². The lowest BCUT2D eigenvalue weighted by Gasteiger charge is -2.07. The molecule has 0 aliphatic heterocycles. The average molecular weight is 152 g/mol. The van der Waals surface area contributed by atoms with Gasteiger partial charge in [-0.2, -0.15) is 0 Å². The summed E-state index contributed by atoms with van der Waals surface area (Å²) in [7, 11) is 0. The minimum Gasteiger partial charge on any atom is -0.470 e. The van der Waals surface area contributed by atoms with Gasteiger partial charge in [-0.05, 0) is 18.8 Å². The Morgan fingerprint density at radius 2 is 2.18 bits per heavy atom. The van der Waals surface area contributed by atoms with Gasteiger partial charge in [0.2, 0.25) is 0 Å². The predicted molar refractivity (Wildman–Crippen MR) is 42.8 cm³/mol. The maximum atomic E-state index is 5.91. The topological polar surface area (TPSA) is 65.2 Å². The third-order valence-corrected chi connectivity index (χ3v) is 2.21. The van der Waals surface area contributed by atoms with Crippen molar-refractivity contribution in [2.24, 2.45) is 11.7 Å². The average Bonchev–Trinajstić information content (AvgIpc) is 2.74. The van der Waals surface area contributed by atoms with E-state index in [9.17, 15) is 0 Å². The maximum absolute atomic E-state index is 5.91. The van der Waals surface area contributed by atoms with Crippen molar-refractivity contribution in [1.82, 2.24) is 0 Å². The lowest BCUT2D eigenvalue weighted by atomic mass is 10.1. The highest BCUT2D eigenvalue weighted by Crippen LogP contribution is 2.41. The summed E-state index contributed by atoms with van der Waals surface area (Å²) in [5, 5.41) is 0. The molecule has 1 fully saturated rings. The van der Waals surface area contributed by atoms with Crippen molar-refractivity contribution in [3.05, 3.63) is 18.1 Å². The van der Waals surface area contributed by atoms with Gasteiger partial charge in [-0.1, -0.05) is 0 Å². The van der Waals surface area contributed by atoms with E-state index in [4.69, 9.17) is 15.9 Å². The van der Waals surface area contributed by atoms with Crippen LogP contribution in [-0.4, -0.2) is 0 Å². The molecule has 1 aromatic rings. The lowest BCUT2D eigenvalue weighted by Crippen LogP contribution is -2.12. The Hall–Kier alpha value is -0.960. The van der Waals surface area contributed by atoms with Crippen molar-refractivity contribution in [2.45, 2.75) is 18.9 Å². The van der Waals surface area contributed by atoms with Gasteiger partial charge in [0, 0.05) is 11.6 Å². The third-order valence-electron chi connectivity index (χ3n) is 2.21. The third kappa shape index (κ3) is 1.12. The Balaban J connectivity index is 2.20. The zero-order valence-corrected chi connectivity index (χ0v) is 6.29. The van der Waals surface area contributed by atoms with Gasteiger partial charge >= 0.3 is 0 Å². The Morgan fingerprint density at radius 3 is 2.64 bits per heavy atom. The molecule has 0 aromatic carbocycles.